The highest BCUT2D eigenvalue weighted by Gasteiger charge is 2.32. The van der Waals surface area contributed by atoms with Crippen molar-refractivity contribution in [3.8, 4) is 0 Å². The van der Waals surface area contributed by atoms with Crippen LogP contribution in [-0.4, -0.2) is 35.1 Å². The van der Waals surface area contributed by atoms with Gasteiger partial charge in [-0.3, -0.25) is 4.79 Å². The average molecular weight is 352 g/mol. The Balaban J connectivity index is 1.84. The molecule has 1 fully saturated rings. The number of carboxylic acids is 1. The molecule has 1 heterocycles. The van der Waals surface area contributed by atoms with Crippen molar-refractivity contribution in [1.82, 2.24) is 10.2 Å². The van der Waals surface area contributed by atoms with Crippen LogP contribution in [0.15, 0.2) is 48.5 Å². The maximum atomic E-state index is 12.8. The second-order valence-corrected chi connectivity index (χ2v) is 6.98. The van der Waals surface area contributed by atoms with Crippen LogP contribution in [0.5, 0.6) is 0 Å². The van der Waals surface area contributed by atoms with E-state index < -0.39 is 11.9 Å². The summed E-state index contributed by atoms with van der Waals surface area (Å²) in [5.74, 6) is -1.31. The predicted molar refractivity (Wildman–Crippen MR) is 100 cm³/mol. The van der Waals surface area contributed by atoms with E-state index in [0.717, 1.165) is 22.3 Å². The lowest BCUT2D eigenvalue weighted by molar-refractivity contribution is -0.141. The van der Waals surface area contributed by atoms with Gasteiger partial charge in [-0.25, -0.2) is 4.79 Å². The monoisotopic (exact) mass is 352 g/mol. The van der Waals surface area contributed by atoms with E-state index in [0.29, 0.717) is 13.0 Å². The molecular formula is C21H24N2O3. The van der Waals surface area contributed by atoms with Gasteiger partial charge < -0.3 is 15.3 Å². The fraction of sp³-hybridized carbons (Fsp3) is 0.333. The summed E-state index contributed by atoms with van der Waals surface area (Å²) in [7, 11) is 0. The Bertz CT molecular complexity index is 773. The predicted octanol–water partition coefficient (Wildman–Crippen LogP) is 3.51. The minimum absolute atomic E-state index is 0.221. The molecule has 136 valence electrons. The van der Waals surface area contributed by atoms with Crippen LogP contribution >= 0.6 is 0 Å². The smallest absolute Gasteiger partial charge is 0.318 e. The Labute approximate surface area is 153 Å². The molecule has 3 rings (SSSR count). The van der Waals surface area contributed by atoms with Gasteiger partial charge in [0, 0.05) is 13.1 Å². The van der Waals surface area contributed by atoms with Crippen LogP contribution in [0, 0.1) is 19.8 Å². The maximum Gasteiger partial charge on any atom is 0.318 e. The minimum atomic E-state index is -0.839. The molecule has 1 saturated heterocycles. The van der Waals surface area contributed by atoms with Gasteiger partial charge in [-0.1, -0.05) is 59.7 Å². The quantitative estimate of drug-likeness (QED) is 0.885. The van der Waals surface area contributed by atoms with Crippen LogP contribution in [0.3, 0.4) is 0 Å². The first-order valence-electron chi connectivity index (χ1n) is 8.85. The van der Waals surface area contributed by atoms with Crippen LogP contribution in [-0.2, 0) is 4.79 Å². The highest BCUT2D eigenvalue weighted by molar-refractivity contribution is 5.78. The van der Waals surface area contributed by atoms with E-state index in [-0.39, 0.29) is 18.6 Å². The Kier molecular flexibility index (Phi) is 5.26. The zero-order valence-corrected chi connectivity index (χ0v) is 15.1. The molecule has 2 aromatic carbocycles. The Morgan fingerprint density at radius 2 is 1.65 bits per heavy atom. The molecule has 5 heteroatoms. The van der Waals surface area contributed by atoms with E-state index in [2.05, 4.69) is 17.4 Å². The molecule has 1 aliphatic heterocycles. The van der Waals surface area contributed by atoms with Gasteiger partial charge in [0.05, 0.1) is 12.0 Å². The maximum absolute atomic E-state index is 12.8. The number of aryl methyl sites for hydroxylation is 2. The first kappa shape index (κ1) is 18.0. The van der Waals surface area contributed by atoms with Gasteiger partial charge in [-0.2, -0.15) is 0 Å². The third kappa shape index (κ3) is 4.04. The SMILES string of the molecule is Cc1cccc(C(NC(=O)N2CCC(C(=O)O)C2)c2cccc(C)c2)c1. The number of carboxylic acid groups (broad SMARTS) is 1. The second kappa shape index (κ2) is 7.60. The molecule has 0 radical (unpaired) electrons. The number of carbonyl (C=O) groups excluding carboxylic acids is 1. The molecule has 0 aromatic heterocycles. The first-order valence-corrected chi connectivity index (χ1v) is 8.85. The number of carbonyl (C=O) groups is 2. The number of nitrogens with zero attached hydrogens (tertiary/aromatic N) is 1. The number of likely N-dealkylation sites (tertiary alicyclic amines) is 1. The number of aliphatic carboxylic acids is 1. The molecule has 2 N–H and O–H groups in total. The molecule has 1 unspecified atom stereocenters. The average Bonchev–Trinajstić information content (AvgIpc) is 3.10. The van der Waals surface area contributed by atoms with Gasteiger partial charge in [0.25, 0.3) is 0 Å². The Morgan fingerprint density at radius 1 is 1.08 bits per heavy atom. The van der Waals surface area contributed by atoms with Crippen molar-refractivity contribution < 1.29 is 14.7 Å². The van der Waals surface area contributed by atoms with E-state index in [1.807, 2.05) is 50.2 Å². The van der Waals surface area contributed by atoms with Gasteiger partial charge in [0.2, 0.25) is 0 Å². The molecular weight excluding hydrogens is 328 g/mol. The lowest BCUT2D eigenvalue weighted by atomic mass is 9.96. The number of hydrogen-bond acceptors (Lipinski definition) is 2. The molecule has 5 nitrogen and oxygen atoms in total. The lowest BCUT2D eigenvalue weighted by Crippen LogP contribution is -2.41. The van der Waals surface area contributed by atoms with Crippen molar-refractivity contribution in [2.24, 2.45) is 5.92 Å². The van der Waals surface area contributed by atoms with Gasteiger partial charge in [0.15, 0.2) is 0 Å². The van der Waals surface area contributed by atoms with Crippen molar-refractivity contribution in [1.29, 1.82) is 0 Å². The van der Waals surface area contributed by atoms with Crippen LogP contribution in [0.25, 0.3) is 0 Å². The van der Waals surface area contributed by atoms with Crippen molar-refractivity contribution in [3.05, 3.63) is 70.8 Å². The van der Waals surface area contributed by atoms with Gasteiger partial charge in [-0.15, -0.1) is 0 Å². The molecule has 0 saturated carbocycles. The zero-order chi connectivity index (χ0) is 18.7. The highest BCUT2D eigenvalue weighted by atomic mass is 16.4. The largest absolute Gasteiger partial charge is 0.481 e. The third-order valence-corrected chi connectivity index (χ3v) is 4.84. The number of nitrogens with one attached hydrogen (secondary N) is 1. The summed E-state index contributed by atoms with van der Waals surface area (Å²) in [6.07, 6.45) is 0.502. The third-order valence-electron chi connectivity index (χ3n) is 4.84. The Morgan fingerprint density at radius 3 is 2.12 bits per heavy atom. The normalized spacial score (nSPS) is 16.7. The number of rotatable bonds is 4. The second-order valence-electron chi connectivity index (χ2n) is 6.98. The number of benzene rings is 2. The fourth-order valence-electron chi connectivity index (χ4n) is 3.42. The molecule has 1 aliphatic rings. The molecule has 0 bridgehead atoms. The summed E-state index contributed by atoms with van der Waals surface area (Å²) >= 11 is 0. The zero-order valence-electron chi connectivity index (χ0n) is 15.1. The number of amides is 2. The number of urea groups is 1. The summed E-state index contributed by atoms with van der Waals surface area (Å²) in [6, 6.07) is 15.7. The van der Waals surface area contributed by atoms with Crippen molar-refractivity contribution in [3.63, 3.8) is 0 Å². The number of hydrogen-bond donors (Lipinski definition) is 2. The van der Waals surface area contributed by atoms with Crippen molar-refractivity contribution in [2.75, 3.05) is 13.1 Å². The van der Waals surface area contributed by atoms with Crippen molar-refractivity contribution >= 4 is 12.0 Å². The topological polar surface area (TPSA) is 69.6 Å². The Hall–Kier alpha value is -2.82. The fourth-order valence-corrected chi connectivity index (χ4v) is 3.42. The minimum Gasteiger partial charge on any atom is -0.481 e. The summed E-state index contributed by atoms with van der Waals surface area (Å²) < 4.78 is 0. The van der Waals surface area contributed by atoms with Gasteiger partial charge >= 0.3 is 12.0 Å². The van der Waals surface area contributed by atoms with Crippen LogP contribution in [0.1, 0.15) is 34.7 Å². The van der Waals surface area contributed by atoms with Crippen LogP contribution in [0.2, 0.25) is 0 Å². The standard InChI is InChI=1S/C21H24N2O3/c1-14-5-3-7-16(11-14)19(17-8-4-6-15(2)12-17)22-21(26)23-10-9-18(13-23)20(24)25/h3-8,11-12,18-19H,9-10,13H2,1-2H3,(H,22,26)(H,24,25). The molecule has 2 aromatic rings. The van der Waals surface area contributed by atoms with E-state index >= 15 is 0 Å². The molecule has 1 atom stereocenters. The van der Waals surface area contributed by atoms with E-state index in [1.165, 1.54) is 0 Å². The molecule has 0 aliphatic carbocycles. The molecule has 0 spiro atoms. The highest BCUT2D eigenvalue weighted by Crippen LogP contribution is 2.25. The summed E-state index contributed by atoms with van der Waals surface area (Å²) in [5.41, 5.74) is 4.28. The van der Waals surface area contributed by atoms with Gasteiger partial charge in [-0.05, 0) is 31.4 Å². The lowest BCUT2D eigenvalue weighted by Gasteiger charge is -2.24. The van der Waals surface area contributed by atoms with Crippen LogP contribution < -0.4 is 5.32 Å². The van der Waals surface area contributed by atoms with E-state index in [4.69, 9.17) is 5.11 Å². The summed E-state index contributed by atoms with van der Waals surface area (Å²) in [6.45, 7) is 4.78. The van der Waals surface area contributed by atoms with E-state index in [1.54, 1.807) is 4.90 Å². The summed E-state index contributed by atoms with van der Waals surface area (Å²) in [4.78, 5) is 25.5. The molecule has 2 amide bonds. The summed E-state index contributed by atoms with van der Waals surface area (Å²) in [5, 5.41) is 12.3. The van der Waals surface area contributed by atoms with Crippen molar-refractivity contribution in [2.45, 2.75) is 26.3 Å². The van der Waals surface area contributed by atoms with Gasteiger partial charge in [0.1, 0.15) is 0 Å². The van der Waals surface area contributed by atoms with E-state index in [9.17, 15) is 9.59 Å². The first-order chi connectivity index (χ1) is 12.4. The molecule has 26 heavy (non-hydrogen) atoms. The van der Waals surface area contributed by atoms with Crippen LogP contribution in [0.4, 0.5) is 4.79 Å².